The van der Waals surface area contributed by atoms with Gasteiger partial charge in [0.15, 0.2) is 0 Å². The van der Waals surface area contributed by atoms with Gasteiger partial charge in [0.1, 0.15) is 0 Å². The number of hydrogen-bond acceptors (Lipinski definition) is 1. The Balaban J connectivity index is 1.73. The minimum absolute atomic E-state index is 0.0184. The van der Waals surface area contributed by atoms with Crippen LogP contribution in [0.5, 0.6) is 0 Å². The van der Waals surface area contributed by atoms with E-state index in [-0.39, 0.29) is 11.9 Å². The first kappa shape index (κ1) is 21.4. The lowest BCUT2D eigenvalue weighted by Crippen LogP contribution is -2.40. The van der Waals surface area contributed by atoms with Crippen molar-refractivity contribution in [3.05, 3.63) is 114 Å². The van der Waals surface area contributed by atoms with E-state index in [1.807, 2.05) is 42.2 Å². The Bertz CT molecular complexity index is 868. The molecule has 3 nitrogen and oxygen atoms in total. The highest BCUT2D eigenvalue weighted by Gasteiger charge is 2.18. The van der Waals surface area contributed by atoms with Crippen LogP contribution in [0.4, 0.5) is 4.79 Å². The van der Waals surface area contributed by atoms with Crippen molar-refractivity contribution in [2.75, 3.05) is 19.6 Å². The number of benzene rings is 3. The highest BCUT2D eigenvalue weighted by molar-refractivity contribution is 5.74. The van der Waals surface area contributed by atoms with Crippen LogP contribution < -0.4 is 5.32 Å². The van der Waals surface area contributed by atoms with Gasteiger partial charge in [-0.25, -0.2) is 4.79 Å². The van der Waals surface area contributed by atoms with E-state index in [0.717, 1.165) is 12.0 Å². The maximum atomic E-state index is 12.7. The number of rotatable bonds is 9. The zero-order valence-electron chi connectivity index (χ0n) is 17.6. The molecule has 0 aromatic heterocycles. The number of amides is 2. The van der Waals surface area contributed by atoms with Gasteiger partial charge in [-0.15, -0.1) is 0 Å². The quantitative estimate of drug-likeness (QED) is 0.474. The Hall–Kier alpha value is -3.33. The molecule has 0 saturated heterocycles. The average Bonchev–Trinajstić information content (AvgIpc) is 2.80. The lowest BCUT2D eigenvalue weighted by molar-refractivity contribution is 0.202. The van der Waals surface area contributed by atoms with Gasteiger partial charge < -0.3 is 10.2 Å². The first-order valence-corrected chi connectivity index (χ1v) is 10.6. The molecule has 0 saturated carbocycles. The zero-order chi connectivity index (χ0) is 21.0. The normalized spacial score (nSPS) is 11.0. The minimum Gasteiger partial charge on any atom is -0.338 e. The highest BCUT2D eigenvalue weighted by atomic mass is 16.2. The summed E-state index contributed by atoms with van der Waals surface area (Å²) in [5.41, 5.74) is 3.69. The van der Waals surface area contributed by atoms with Crippen molar-refractivity contribution in [2.24, 2.45) is 0 Å². The molecule has 3 aromatic carbocycles. The first-order valence-electron chi connectivity index (χ1n) is 10.6. The molecule has 0 aliphatic carbocycles. The molecule has 3 rings (SSSR count). The summed E-state index contributed by atoms with van der Waals surface area (Å²) in [4.78, 5) is 14.5. The van der Waals surface area contributed by atoms with E-state index in [1.54, 1.807) is 0 Å². The van der Waals surface area contributed by atoms with Crippen LogP contribution in [-0.4, -0.2) is 30.6 Å². The molecule has 0 aliphatic rings. The summed E-state index contributed by atoms with van der Waals surface area (Å²) < 4.78 is 0. The molecule has 0 radical (unpaired) electrons. The SMILES string of the molecule is CCNC(=O)N(C/C=C/c1ccccc1)CCC(c1ccccc1)c1ccccc1. The fourth-order valence-corrected chi connectivity index (χ4v) is 3.60. The van der Waals surface area contributed by atoms with Gasteiger partial charge in [-0.05, 0) is 30.0 Å². The van der Waals surface area contributed by atoms with E-state index >= 15 is 0 Å². The molecule has 0 spiro atoms. The maximum Gasteiger partial charge on any atom is 0.317 e. The standard InChI is InChI=1S/C27H30N2O/c1-2-28-27(30)29(21-12-15-23-13-6-3-7-14-23)22-20-26(24-16-8-4-9-17-24)25-18-10-5-11-19-25/h3-19,26H,2,20-22H2,1H3,(H,28,30)/b15-12+. The molecule has 0 aliphatic heterocycles. The Morgan fingerprint density at radius 3 is 1.93 bits per heavy atom. The Morgan fingerprint density at radius 1 is 0.867 bits per heavy atom. The summed E-state index contributed by atoms with van der Waals surface area (Å²) in [5, 5.41) is 2.95. The van der Waals surface area contributed by atoms with Gasteiger partial charge in [0.2, 0.25) is 0 Å². The van der Waals surface area contributed by atoms with Gasteiger partial charge in [0.05, 0.1) is 0 Å². The second-order valence-electron chi connectivity index (χ2n) is 7.26. The fourth-order valence-electron chi connectivity index (χ4n) is 3.60. The van der Waals surface area contributed by atoms with E-state index in [2.05, 4.69) is 78.1 Å². The number of urea groups is 1. The second kappa shape index (κ2) is 11.6. The predicted molar refractivity (Wildman–Crippen MR) is 125 cm³/mol. The van der Waals surface area contributed by atoms with Gasteiger partial charge >= 0.3 is 6.03 Å². The molecule has 0 heterocycles. The van der Waals surface area contributed by atoms with Gasteiger partial charge in [-0.3, -0.25) is 0 Å². The van der Waals surface area contributed by atoms with Crippen LogP contribution in [0.1, 0.15) is 36.0 Å². The van der Waals surface area contributed by atoms with E-state index in [4.69, 9.17) is 0 Å². The molecule has 0 bridgehead atoms. The molecule has 3 heteroatoms. The molecule has 1 N–H and O–H groups in total. The Kier molecular flexibility index (Phi) is 8.28. The molecule has 154 valence electrons. The molecule has 0 fully saturated rings. The van der Waals surface area contributed by atoms with Crippen LogP contribution in [0.15, 0.2) is 97.1 Å². The summed E-state index contributed by atoms with van der Waals surface area (Å²) in [5.74, 6) is 0.252. The largest absolute Gasteiger partial charge is 0.338 e. The van der Waals surface area contributed by atoms with Crippen LogP contribution >= 0.6 is 0 Å². The third kappa shape index (κ3) is 6.35. The van der Waals surface area contributed by atoms with Gasteiger partial charge in [0, 0.05) is 25.6 Å². The topological polar surface area (TPSA) is 32.3 Å². The van der Waals surface area contributed by atoms with Crippen LogP contribution in [0.2, 0.25) is 0 Å². The van der Waals surface area contributed by atoms with Crippen molar-refractivity contribution in [2.45, 2.75) is 19.3 Å². The smallest absolute Gasteiger partial charge is 0.317 e. The predicted octanol–water partition coefficient (Wildman–Crippen LogP) is 5.95. The lowest BCUT2D eigenvalue weighted by Gasteiger charge is -2.25. The van der Waals surface area contributed by atoms with Crippen molar-refractivity contribution in [3.63, 3.8) is 0 Å². The van der Waals surface area contributed by atoms with Crippen molar-refractivity contribution in [3.8, 4) is 0 Å². The third-order valence-corrected chi connectivity index (χ3v) is 5.14. The maximum absolute atomic E-state index is 12.7. The van der Waals surface area contributed by atoms with Crippen molar-refractivity contribution >= 4 is 12.1 Å². The van der Waals surface area contributed by atoms with Crippen molar-refractivity contribution in [1.29, 1.82) is 0 Å². The van der Waals surface area contributed by atoms with Gasteiger partial charge in [-0.2, -0.15) is 0 Å². The monoisotopic (exact) mass is 398 g/mol. The van der Waals surface area contributed by atoms with Gasteiger partial charge in [-0.1, -0.05) is 103 Å². The Labute approximate surface area is 180 Å². The lowest BCUT2D eigenvalue weighted by atomic mass is 9.88. The van der Waals surface area contributed by atoms with Crippen molar-refractivity contribution < 1.29 is 4.79 Å². The summed E-state index contributed by atoms with van der Waals surface area (Å²) in [6.07, 6.45) is 4.99. The van der Waals surface area contributed by atoms with E-state index in [1.165, 1.54) is 11.1 Å². The molecule has 3 aromatic rings. The highest BCUT2D eigenvalue weighted by Crippen LogP contribution is 2.28. The second-order valence-corrected chi connectivity index (χ2v) is 7.26. The number of hydrogen-bond donors (Lipinski definition) is 1. The van der Waals surface area contributed by atoms with Crippen LogP contribution in [0.25, 0.3) is 6.08 Å². The van der Waals surface area contributed by atoms with Gasteiger partial charge in [0.25, 0.3) is 0 Å². The summed E-state index contributed by atoms with van der Waals surface area (Å²) >= 11 is 0. The Morgan fingerprint density at radius 2 is 1.40 bits per heavy atom. The van der Waals surface area contributed by atoms with Crippen LogP contribution in [0.3, 0.4) is 0 Å². The van der Waals surface area contributed by atoms with Crippen LogP contribution in [0, 0.1) is 0 Å². The molecular weight excluding hydrogens is 368 g/mol. The number of nitrogens with zero attached hydrogens (tertiary/aromatic N) is 1. The number of nitrogens with one attached hydrogen (secondary N) is 1. The fraction of sp³-hybridized carbons (Fsp3) is 0.222. The molecule has 0 unspecified atom stereocenters. The summed E-state index contributed by atoms with van der Waals surface area (Å²) in [6.45, 7) is 3.83. The summed E-state index contributed by atoms with van der Waals surface area (Å²) in [7, 11) is 0. The number of carbonyl (C=O) groups is 1. The molecule has 30 heavy (non-hydrogen) atoms. The van der Waals surface area contributed by atoms with E-state index in [9.17, 15) is 4.79 Å². The van der Waals surface area contributed by atoms with Crippen molar-refractivity contribution in [1.82, 2.24) is 10.2 Å². The molecule has 0 atom stereocenters. The van der Waals surface area contributed by atoms with E-state index < -0.39 is 0 Å². The first-order chi connectivity index (χ1) is 14.8. The third-order valence-electron chi connectivity index (χ3n) is 5.14. The van der Waals surface area contributed by atoms with E-state index in [0.29, 0.717) is 19.6 Å². The van der Waals surface area contributed by atoms with Crippen LogP contribution in [-0.2, 0) is 0 Å². The molecule has 2 amide bonds. The summed E-state index contributed by atoms with van der Waals surface area (Å²) in [6, 6.07) is 31.2. The molecular formula is C27H30N2O. The zero-order valence-corrected chi connectivity index (χ0v) is 17.6. The number of carbonyl (C=O) groups excluding carboxylic acids is 1. The minimum atomic E-state index is -0.0184. The average molecular weight is 399 g/mol.